The molecule has 0 fully saturated rings. The minimum Gasteiger partial charge on any atom is -0.338 e. The first-order chi connectivity index (χ1) is 11.0. The number of unbranched alkanes of at least 4 members (excludes halogenated alkanes) is 1. The lowest BCUT2D eigenvalue weighted by Gasteiger charge is -2.28. The molecular formula is C18H25N3OS. The van der Waals surface area contributed by atoms with E-state index in [1.807, 2.05) is 38.1 Å². The molecule has 5 heteroatoms. The smallest absolute Gasteiger partial charge is 0.228 e. The summed E-state index contributed by atoms with van der Waals surface area (Å²) in [5.74, 6) is 0.140. The van der Waals surface area contributed by atoms with Crippen molar-refractivity contribution in [3.8, 4) is 0 Å². The van der Waals surface area contributed by atoms with E-state index in [-0.39, 0.29) is 11.9 Å². The molecule has 0 aliphatic carbocycles. The predicted octanol–water partition coefficient (Wildman–Crippen LogP) is 4.09. The first-order valence-corrected chi connectivity index (χ1v) is 8.93. The van der Waals surface area contributed by atoms with Gasteiger partial charge in [0.15, 0.2) is 0 Å². The Kier molecular flexibility index (Phi) is 6.28. The average molecular weight is 331 g/mol. The third-order valence-electron chi connectivity index (χ3n) is 4.07. The number of hydrogen-bond acceptors (Lipinski definition) is 4. The van der Waals surface area contributed by atoms with Crippen molar-refractivity contribution >= 4 is 17.2 Å². The van der Waals surface area contributed by atoms with Crippen molar-refractivity contribution in [3.05, 3.63) is 45.7 Å². The van der Waals surface area contributed by atoms with Crippen LogP contribution in [0.1, 0.15) is 53.4 Å². The van der Waals surface area contributed by atoms with Crippen LogP contribution in [-0.4, -0.2) is 27.8 Å². The van der Waals surface area contributed by atoms with Gasteiger partial charge in [-0.25, -0.2) is 4.98 Å². The molecule has 0 aliphatic rings. The minimum absolute atomic E-state index is 0.0884. The van der Waals surface area contributed by atoms with Gasteiger partial charge in [0.05, 0.1) is 23.2 Å². The van der Waals surface area contributed by atoms with E-state index >= 15 is 0 Å². The van der Waals surface area contributed by atoms with Crippen molar-refractivity contribution in [2.24, 2.45) is 0 Å². The Hall–Kier alpha value is -1.75. The van der Waals surface area contributed by atoms with Gasteiger partial charge in [0.2, 0.25) is 5.91 Å². The molecule has 0 saturated carbocycles. The Labute approximate surface area is 142 Å². The van der Waals surface area contributed by atoms with E-state index in [0.29, 0.717) is 6.42 Å². The predicted molar refractivity (Wildman–Crippen MR) is 94.6 cm³/mol. The number of likely N-dealkylation sites (N-methyl/N-ethyl adjacent to an activating group) is 1. The maximum atomic E-state index is 12.7. The quantitative estimate of drug-likeness (QED) is 0.768. The number of rotatable bonds is 7. The number of aryl methyl sites for hydroxylation is 2. The topological polar surface area (TPSA) is 46.1 Å². The van der Waals surface area contributed by atoms with Gasteiger partial charge < -0.3 is 4.90 Å². The van der Waals surface area contributed by atoms with Crippen LogP contribution in [0.2, 0.25) is 0 Å². The molecule has 2 aromatic rings. The number of amides is 1. The van der Waals surface area contributed by atoms with Crippen molar-refractivity contribution in [3.63, 3.8) is 0 Å². The van der Waals surface area contributed by atoms with E-state index in [0.717, 1.165) is 40.4 Å². The zero-order chi connectivity index (χ0) is 16.8. The number of pyridine rings is 1. The van der Waals surface area contributed by atoms with Crippen LogP contribution in [0.5, 0.6) is 0 Å². The summed E-state index contributed by atoms with van der Waals surface area (Å²) in [6, 6.07) is 4.08. The molecule has 0 aliphatic heterocycles. The van der Waals surface area contributed by atoms with Crippen molar-refractivity contribution in [2.45, 2.75) is 52.5 Å². The molecule has 2 rings (SSSR count). The normalized spacial score (nSPS) is 12.2. The Morgan fingerprint density at radius 2 is 2.17 bits per heavy atom. The molecule has 0 N–H and O–H groups in total. The molecular weight excluding hydrogens is 306 g/mol. The van der Waals surface area contributed by atoms with Crippen LogP contribution in [0, 0.1) is 13.8 Å². The monoisotopic (exact) mass is 331 g/mol. The summed E-state index contributed by atoms with van der Waals surface area (Å²) in [6.45, 7) is 6.13. The van der Waals surface area contributed by atoms with Gasteiger partial charge >= 0.3 is 0 Å². The van der Waals surface area contributed by atoms with E-state index in [1.54, 1.807) is 17.5 Å². The highest BCUT2D eigenvalue weighted by Crippen LogP contribution is 2.26. The van der Waals surface area contributed by atoms with Gasteiger partial charge in [0.25, 0.3) is 0 Å². The summed E-state index contributed by atoms with van der Waals surface area (Å²) in [4.78, 5) is 24.3. The highest BCUT2D eigenvalue weighted by Gasteiger charge is 2.22. The zero-order valence-corrected chi connectivity index (χ0v) is 15.2. The zero-order valence-electron chi connectivity index (χ0n) is 14.4. The summed E-state index contributed by atoms with van der Waals surface area (Å²) in [6.07, 6.45) is 7.24. The van der Waals surface area contributed by atoms with Crippen molar-refractivity contribution < 1.29 is 4.79 Å². The molecule has 0 spiro atoms. The van der Waals surface area contributed by atoms with E-state index in [1.165, 1.54) is 0 Å². The summed E-state index contributed by atoms with van der Waals surface area (Å²) >= 11 is 1.61. The molecule has 0 bridgehead atoms. The summed E-state index contributed by atoms with van der Waals surface area (Å²) in [7, 11) is 1.90. The Bertz CT molecular complexity index is 639. The minimum atomic E-state index is 0.0884. The number of carbonyl (C=O) groups excluding carboxylic acids is 1. The van der Waals surface area contributed by atoms with E-state index in [4.69, 9.17) is 0 Å². The highest BCUT2D eigenvalue weighted by molar-refractivity contribution is 7.11. The van der Waals surface area contributed by atoms with E-state index < -0.39 is 0 Å². The maximum Gasteiger partial charge on any atom is 0.228 e. The number of nitrogens with zero attached hydrogens (tertiary/aromatic N) is 3. The number of aromatic nitrogens is 2. The lowest BCUT2D eigenvalue weighted by Crippen LogP contribution is -2.32. The molecule has 2 aromatic heterocycles. The van der Waals surface area contributed by atoms with Gasteiger partial charge in [-0.15, -0.1) is 11.3 Å². The Morgan fingerprint density at radius 1 is 1.39 bits per heavy atom. The fraction of sp³-hybridized carbons (Fsp3) is 0.500. The van der Waals surface area contributed by atoms with Gasteiger partial charge in [-0.3, -0.25) is 9.78 Å². The Morgan fingerprint density at radius 3 is 2.74 bits per heavy atom. The second kappa shape index (κ2) is 8.20. The molecule has 2 heterocycles. The van der Waals surface area contributed by atoms with Crippen molar-refractivity contribution in [2.75, 3.05) is 7.05 Å². The molecule has 0 aromatic carbocycles. The molecule has 1 amide bonds. The summed E-state index contributed by atoms with van der Waals surface area (Å²) in [5.41, 5.74) is 2.08. The van der Waals surface area contributed by atoms with Crippen LogP contribution in [0.25, 0.3) is 0 Å². The fourth-order valence-corrected chi connectivity index (χ4v) is 3.66. The second-order valence-electron chi connectivity index (χ2n) is 5.87. The molecule has 124 valence electrons. The second-order valence-corrected chi connectivity index (χ2v) is 7.16. The third kappa shape index (κ3) is 4.61. The van der Waals surface area contributed by atoms with E-state index in [2.05, 4.69) is 23.0 Å². The summed E-state index contributed by atoms with van der Waals surface area (Å²) < 4.78 is 0. The largest absolute Gasteiger partial charge is 0.338 e. The van der Waals surface area contributed by atoms with Crippen molar-refractivity contribution in [1.82, 2.24) is 14.9 Å². The van der Waals surface area contributed by atoms with Crippen LogP contribution in [-0.2, 0) is 11.2 Å². The molecule has 0 radical (unpaired) electrons. The SMILES string of the molecule is CCCCC(c1cccnc1)N(C)C(=O)Cc1sc(C)nc1C. The molecule has 23 heavy (non-hydrogen) atoms. The van der Waals surface area contributed by atoms with Gasteiger partial charge in [-0.05, 0) is 31.9 Å². The lowest BCUT2D eigenvalue weighted by atomic mass is 10.0. The molecule has 0 saturated heterocycles. The van der Waals surface area contributed by atoms with E-state index in [9.17, 15) is 4.79 Å². The lowest BCUT2D eigenvalue weighted by molar-refractivity contribution is -0.131. The van der Waals surface area contributed by atoms with Crippen LogP contribution in [0.15, 0.2) is 24.5 Å². The first-order valence-electron chi connectivity index (χ1n) is 8.11. The Balaban J connectivity index is 2.14. The first kappa shape index (κ1) is 17.6. The third-order valence-corrected chi connectivity index (χ3v) is 5.15. The van der Waals surface area contributed by atoms with Gasteiger partial charge in [-0.2, -0.15) is 0 Å². The van der Waals surface area contributed by atoms with Crippen LogP contribution < -0.4 is 0 Å². The number of thiazole rings is 1. The highest BCUT2D eigenvalue weighted by atomic mass is 32.1. The maximum absolute atomic E-state index is 12.7. The average Bonchev–Trinajstić information content (AvgIpc) is 2.86. The van der Waals surface area contributed by atoms with Crippen molar-refractivity contribution in [1.29, 1.82) is 0 Å². The number of carbonyl (C=O) groups is 1. The van der Waals surface area contributed by atoms with Gasteiger partial charge in [0.1, 0.15) is 0 Å². The number of hydrogen-bond donors (Lipinski definition) is 0. The molecule has 1 atom stereocenters. The standard InChI is InChI=1S/C18H25N3OS/c1-5-6-9-16(15-8-7-10-19-12-15)21(4)18(22)11-17-13(2)20-14(3)23-17/h7-8,10,12,16H,5-6,9,11H2,1-4H3. The van der Waals surface area contributed by atoms with Crippen LogP contribution >= 0.6 is 11.3 Å². The fourth-order valence-electron chi connectivity index (χ4n) is 2.73. The summed E-state index contributed by atoms with van der Waals surface area (Å²) in [5, 5.41) is 1.02. The van der Waals surface area contributed by atoms with Crippen LogP contribution in [0.4, 0.5) is 0 Å². The molecule has 4 nitrogen and oxygen atoms in total. The van der Waals surface area contributed by atoms with Crippen LogP contribution in [0.3, 0.4) is 0 Å². The van der Waals surface area contributed by atoms with Gasteiger partial charge in [0, 0.05) is 24.3 Å². The molecule has 1 unspecified atom stereocenters. The van der Waals surface area contributed by atoms with Gasteiger partial charge in [-0.1, -0.05) is 25.8 Å².